The fraction of sp³-hybridized carbons (Fsp3) is 0.364. The molecule has 468 valence electrons. The van der Waals surface area contributed by atoms with Crippen LogP contribution in [0.4, 0.5) is 52.7 Å². The van der Waals surface area contributed by atoms with E-state index in [0.29, 0.717) is 63.1 Å². The van der Waals surface area contributed by atoms with Crippen LogP contribution in [0, 0.1) is 24.3 Å². The minimum Gasteiger partial charge on any atom is -0.714 e. The lowest BCUT2D eigenvalue weighted by Crippen LogP contribution is -2.54. The van der Waals surface area contributed by atoms with Gasteiger partial charge in [-0.1, -0.05) is 64.7 Å². The van der Waals surface area contributed by atoms with Crippen molar-refractivity contribution in [3.05, 3.63) is 162 Å². The topological polar surface area (TPSA) is 98.4 Å². The summed E-state index contributed by atoms with van der Waals surface area (Å²) in [5.74, 6) is -34.4. The second-order valence-corrected chi connectivity index (χ2v) is 32.0. The van der Waals surface area contributed by atoms with Crippen molar-refractivity contribution in [2.45, 2.75) is 160 Å². The predicted molar refractivity (Wildman–Crippen MR) is 326 cm³/mol. The molecule has 0 fully saturated rings. The first-order valence-electron chi connectivity index (χ1n) is 28.4. The van der Waals surface area contributed by atoms with Crippen molar-refractivity contribution >= 4 is 100 Å². The smallest absolute Gasteiger partial charge is 0.380 e. The molecule has 6 heterocycles. The summed E-state index contributed by atoms with van der Waals surface area (Å²) in [5.41, 5.74) is -10.2. The first-order chi connectivity index (χ1) is 41.4. The van der Waals surface area contributed by atoms with Crippen LogP contribution in [0.2, 0.25) is 0 Å². The van der Waals surface area contributed by atoms with Crippen molar-refractivity contribution in [3.63, 3.8) is 0 Å². The van der Waals surface area contributed by atoms with Gasteiger partial charge in [0, 0.05) is 89.1 Å². The Kier molecular flexibility index (Phi) is 12.1. The van der Waals surface area contributed by atoms with Crippen LogP contribution in [0.15, 0.2) is 112 Å². The van der Waals surface area contributed by atoms with E-state index in [1.807, 2.05) is 0 Å². The average molecular weight is 1320 g/mol. The number of thiophene rings is 2. The van der Waals surface area contributed by atoms with E-state index in [4.69, 9.17) is 0 Å². The van der Waals surface area contributed by atoms with Crippen molar-refractivity contribution in [1.29, 1.82) is 0 Å². The Morgan fingerprint density at radius 3 is 1.33 bits per heavy atom. The molecule has 3 aliphatic carbocycles. The fourth-order valence-corrected chi connectivity index (χ4v) is 19.5. The molecule has 7 aromatic rings. The lowest BCUT2D eigenvalue weighted by Gasteiger charge is -2.46. The molecule has 0 bridgehead atoms. The Labute approximate surface area is 524 Å². The molecule has 5 aromatic carbocycles. The van der Waals surface area contributed by atoms with Crippen molar-refractivity contribution < 1.29 is 72.6 Å². The molecule has 0 unspecified atom stereocenters. The maximum Gasteiger partial charge on any atom is 0.380 e. The van der Waals surface area contributed by atoms with Gasteiger partial charge in [0.15, 0.2) is 11.1 Å². The molecule has 2 aromatic heterocycles. The van der Waals surface area contributed by atoms with Gasteiger partial charge in [0.1, 0.15) is 11.1 Å². The molecule has 0 saturated carbocycles. The van der Waals surface area contributed by atoms with Crippen LogP contribution in [0.5, 0.6) is 0 Å². The molecule has 2 atom stereocenters. The summed E-state index contributed by atoms with van der Waals surface area (Å²) in [6, 6.07) is 22.6. The number of alkyl halides is 12. The highest BCUT2D eigenvalue weighted by atomic mass is 32.2. The first-order valence-corrected chi connectivity index (χ1v) is 31.7. The number of allylic oxidation sites excluding steroid dienone is 4. The summed E-state index contributed by atoms with van der Waals surface area (Å²) in [7, 11) is 0. The van der Waals surface area contributed by atoms with Crippen LogP contribution in [-0.4, -0.2) is 92.5 Å². The summed E-state index contributed by atoms with van der Waals surface area (Å²) < 4.78 is 196. The van der Waals surface area contributed by atoms with E-state index < -0.39 is 123 Å². The Hall–Kier alpha value is -6.44. The largest absolute Gasteiger partial charge is 0.714 e. The summed E-state index contributed by atoms with van der Waals surface area (Å²) in [4.78, 5) is 0.564. The molecular formula is C66H52F12N4O4S4. The van der Waals surface area contributed by atoms with Gasteiger partial charge in [0.25, 0.3) is 0 Å². The number of hydrogen-bond acceptors (Lipinski definition) is 8. The average Bonchev–Trinajstić information content (AvgIpc) is 1.50. The number of aryl methyl sites for hydroxylation is 2. The van der Waals surface area contributed by atoms with Gasteiger partial charge in [0.2, 0.25) is 0 Å². The van der Waals surface area contributed by atoms with Gasteiger partial charge >= 0.3 is 47.2 Å². The van der Waals surface area contributed by atoms with Crippen LogP contribution in [0.1, 0.15) is 118 Å². The number of fused-ring (bicyclic) bond motifs is 6. The Balaban J connectivity index is 0.806. The SMILES string of the molecule is Cc1sc2cc(C3=[N+]([O-])C(C)(C)C(C)(C)N3[O])ccc2c1C1=C(c2c(C)sc3cc(-c4ccc(-c5ccc6c(c5)S[C@]5(C)C6=CC6=C7c8c(cc(C9=[N+]([O-])C(C)(C)C(C)(C)N9[O])cc8C(F)(F)C(F)(F)C6(F)F)S[C@]75C)cc4)ccc23)C(F)(F)C(F)(F)C1(F)F. The Morgan fingerprint density at radius 2 is 0.844 bits per heavy atom. The predicted octanol–water partition coefficient (Wildman–Crippen LogP) is 18.8. The Bertz CT molecular complexity index is 4650. The second-order valence-electron chi connectivity index (χ2n) is 26.5. The molecule has 0 N–H and O–H groups in total. The zero-order valence-corrected chi connectivity index (χ0v) is 53.1. The summed E-state index contributed by atoms with van der Waals surface area (Å²) in [5, 5.41) is 55.6. The van der Waals surface area contributed by atoms with E-state index in [-0.39, 0.29) is 47.1 Å². The van der Waals surface area contributed by atoms with Gasteiger partial charge in [-0.25, -0.2) is 0 Å². The van der Waals surface area contributed by atoms with Gasteiger partial charge in [-0.15, -0.1) is 46.2 Å². The number of nitrogens with zero attached hydrogens (tertiary/aromatic N) is 4. The van der Waals surface area contributed by atoms with Gasteiger partial charge in [0.05, 0.1) is 20.6 Å². The maximum absolute atomic E-state index is 16.8. The minimum absolute atomic E-state index is 0.0206. The van der Waals surface area contributed by atoms with E-state index >= 15 is 52.7 Å². The highest BCUT2D eigenvalue weighted by Crippen LogP contribution is 2.76. The fourth-order valence-electron chi connectivity index (χ4n) is 14.0. The number of halogens is 12. The van der Waals surface area contributed by atoms with Gasteiger partial charge in [-0.3, -0.25) is 9.48 Å². The number of hydroxylamine groups is 6. The molecule has 7 aliphatic rings. The van der Waals surface area contributed by atoms with Gasteiger partial charge in [-0.05, 0) is 165 Å². The van der Waals surface area contributed by atoms with Gasteiger partial charge < -0.3 is 10.4 Å². The molecule has 24 heteroatoms. The van der Waals surface area contributed by atoms with E-state index in [1.54, 1.807) is 96.1 Å². The van der Waals surface area contributed by atoms with Crippen molar-refractivity contribution in [2.24, 2.45) is 0 Å². The quantitative estimate of drug-likeness (QED) is 0.0934. The Morgan fingerprint density at radius 1 is 0.433 bits per heavy atom. The number of thioether (sulfide) groups is 2. The zero-order chi connectivity index (χ0) is 65.5. The van der Waals surface area contributed by atoms with E-state index in [2.05, 4.69) is 0 Å². The lowest BCUT2D eigenvalue weighted by atomic mass is 9.70. The van der Waals surface area contributed by atoms with Crippen LogP contribution in [-0.2, 0) is 16.3 Å². The van der Waals surface area contributed by atoms with E-state index in [1.165, 1.54) is 83.6 Å². The molecule has 14 rings (SSSR count). The lowest BCUT2D eigenvalue weighted by molar-refractivity contribution is -0.539. The number of amidine groups is 2. The molecule has 4 aliphatic heterocycles. The van der Waals surface area contributed by atoms with Crippen LogP contribution >= 0.6 is 46.2 Å². The zero-order valence-electron chi connectivity index (χ0n) is 49.8. The van der Waals surface area contributed by atoms with Crippen LogP contribution in [0.25, 0.3) is 64.7 Å². The molecule has 0 spiro atoms. The normalized spacial score (nSPS) is 26.3. The molecule has 8 nitrogen and oxygen atoms in total. The third-order valence-corrected chi connectivity index (χ3v) is 26.4. The summed E-state index contributed by atoms with van der Waals surface area (Å²) in [6.07, 6.45) is 0.908. The van der Waals surface area contributed by atoms with Crippen molar-refractivity contribution in [3.8, 4) is 22.3 Å². The van der Waals surface area contributed by atoms with Crippen LogP contribution in [0.3, 0.4) is 0 Å². The second kappa shape index (κ2) is 17.8. The van der Waals surface area contributed by atoms with Crippen molar-refractivity contribution in [1.82, 2.24) is 10.1 Å². The highest BCUT2D eigenvalue weighted by molar-refractivity contribution is 8.06. The number of rotatable bonds is 6. The van der Waals surface area contributed by atoms with Gasteiger partial charge in [-0.2, -0.15) is 52.7 Å². The van der Waals surface area contributed by atoms with Crippen LogP contribution < -0.4 is 0 Å². The van der Waals surface area contributed by atoms with Crippen molar-refractivity contribution in [2.75, 3.05) is 0 Å². The number of benzene rings is 5. The monoisotopic (exact) mass is 1320 g/mol. The molecule has 0 amide bonds. The summed E-state index contributed by atoms with van der Waals surface area (Å²) >= 11 is 4.00. The third kappa shape index (κ3) is 6.97. The summed E-state index contributed by atoms with van der Waals surface area (Å²) in [6.45, 7) is 18.2. The standard InChI is InChI=1S/C66H52F12N4O4S4/c1-29-47(51-52(64(73,74)66(77,78)63(51,71)72)48-30(2)88-44-26-35(19-22-39(44)48)53-79(83)55(3,4)56(5,6)80(53)84)38-21-18-33(24-43(38)87-29)31-13-15-32(16-14-31)34-17-20-37-40-28-42-50-49-41(61(67,68)65(75,76)62(42,69)70)23-36(54-81(85)57(7,8)58(9,10)82(54)86)27-46(49)90-60(50,12)59(40,11)89-45(37)25-34/h13-28H,1-12H3/t59-,60-/m1/s1. The highest BCUT2D eigenvalue weighted by Gasteiger charge is 2.81. The minimum atomic E-state index is -5.99. The third-order valence-electron chi connectivity index (χ3n) is 20.9. The van der Waals surface area contributed by atoms with E-state index in [0.717, 1.165) is 40.5 Å². The number of hydrogen-bond donors (Lipinski definition) is 0. The first kappa shape index (κ1) is 61.1. The molecule has 0 saturated heterocycles. The van der Waals surface area contributed by atoms with E-state index in [9.17, 15) is 20.8 Å². The maximum atomic E-state index is 16.8. The molecular weight excluding hydrogens is 1270 g/mol. The molecule has 2 radical (unpaired) electrons. The molecule has 90 heavy (non-hydrogen) atoms.